The highest BCUT2D eigenvalue weighted by Gasteiger charge is 2.46. The molecule has 1 saturated heterocycles. The summed E-state index contributed by atoms with van der Waals surface area (Å²) in [5.41, 5.74) is 0.911. The average Bonchev–Trinajstić information content (AvgIpc) is 3.00. The quantitative estimate of drug-likeness (QED) is 0.839. The number of rotatable bonds is 1. The average molecular weight is 273 g/mol. The number of ketones is 1. The van der Waals surface area contributed by atoms with Gasteiger partial charge in [0.2, 0.25) is 12.7 Å². The fraction of sp³-hybridized carbons (Fsp3) is 0.467. The second-order valence-corrected chi connectivity index (χ2v) is 5.65. The maximum atomic E-state index is 12.3. The molecular weight excluding hydrogens is 258 g/mol. The number of hydrogen-bond donors (Lipinski definition) is 1. The summed E-state index contributed by atoms with van der Waals surface area (Å²) in [7, 11) is 0. The van der Waals surface area contributed by atoms with Crippen molar-refractivity contribution in [2.75, 3.05) is 6.79 Å². The van der Waals surface area contributed by atoms with Gasteiger partial charge in [-0.3, -0.25) is 9.59 Å². The minimum Gasteiger partial charge on any atom is -0.454 e. The molecule has 2 aliphatic heterocycles. The number of hydrogen-bond acceptors (Lipinski definition) is 4. The number of amides is 1. The molecule has 1 aromatic rings. The van der Waals surface area contributed by atoms with Gasteiger partial charge in [-0.2, -0.15) is 0 Å². The fourth-order valence-corrected chi connectivity index (χ4v) is 3.54. The predicted molar refractivity (Wildman–Crippen MR) is 69.6 cm³/mol. The van der Waals surface area contributed by atoms with E-state index < -0.39 is 0 Å². The fourth-order valence-electron chi connectivity index (χ4n) is 3.54. The number of Topliss-reactive ketones (excluding diaryl/α,β-unsaturated/α-hetero) is 1. The molecule has 2 heterocycles. The molecule has 0 radical (unpaired) electrons. The summed E-state index contributed by atoms with van der Waals surface area (Å²) in [6.45, 7) is 0.222. The van der Waals surface area contributed by atoms with Crippen molar-refractivity contribution in [3.63, 3.8) is 0 Å². The van der Waals surface area contributed by atoms with E-state index in [1.54, 1.807) is 0 Å². The van der Waals surface area contributed by atoms with Crippen molar-refractivity contribution in [2.24, 2.45) is 5.92 Å². The van der Waals surface area contributed by atoms with Gasteiger partial charge in [0, 0.05) is 24.8 Å². The zero-order valence-corrected chi connectivity index (χ0v) is 10.9. The van der Waals surface area contributed by atoms with E-state index in [9.17, 15) is 9.59 Å². The lowest BCUT2D eigenvalue weighted by molar-refractivity contribution is -0.121. The van der Waals surface area contributed by atoms with Crippen LogP contribution in [0.5, 0.6) is 11.5 Å². The molecule has 3 atom stereocenters. The summed E-state index contributed by atoms with van der Waals surface area (Å²) in [5.74, 6) is 1.49. The van der Waals surface area contributed by atoms with Crippen LogP contribution in [0.25, 0.3) is 0 Å². The summed E-state index contributed by atoms with van der Waals surface area (Å²) < 4.78 is 10.7. The van der Waals surface area contributed by atoms with Crippen molar-refractivity contribution in [1.82, 2.24) is 5.32 Å². The van der Waals surface area contributed by atoms with Gasteiger partial charge in [-0.25, -0.2) is 0 Å². The monoisotopic (exact) mass is 273 g/mol. The van der Waals surface area contributed by atoms with Crippen LogP contribution in [-0.4, -0.2) is 24.5 Å². The highest BCUT2D eigenvalue weighted by molar-refractivity contribution is 5.90. The maximum absolute atomic E-state index is 12.3. The van der Waals surface area contributed by atoms with Gasteiger partial charge >= 0.3 is 0 Å². The minimum atomic E-state index is -0.251. The summed E-state index contributed by atoms with van der Waals surface area (Å²) in [4.78, 5) is 23.9. The number of fused-ring (bicyclic) bond motifs is 2. The van der Waals surface area contributed by atoms with E-state index in [0.29, 0.717) is 24.3 Å². The van der Waals surface area contributed by atoms with E-state index in [4.69, 9.17) is 9.47 Å². The minimum absolute atomic E-state index is 0.0218. The summed E-state index contributed by atoms with van der Waals surface area (Å²) in [6, 6.07) is 5.74. The molecule has 0 spiro atoms. The summed E-state index contributed by atoms with van der Waals surface area (Å²) in [5, 5.41) is 3.03. The zero-order chi connectivity index (χ0) is 13.7. The van der Waals surface area contributed by atoms with E-state index in [1.165, 1.54) is 0 Å². The second-order valence-electron chi connectivity index (χ2n) is 5.65. The Hall–Kier alpha value is -2.04. The topological polar surface area (TPSA) is 64.6 Å². The smallest absolute Gasteiger partial charge is 0.231 e. The van der Waals surface area contributed by atoms with Gasteiger partial charge in [-0.05, 0) is 24.1 Å². The molecule has 1 aromatic carbocycles. The Kier molecular flexibility index (Phi) is 2.49. The molecular formula is C15H15NO4. The number of carbonyl (C=O) groups is 2. The van der Waals surface area contributed by atoms with E-state index in [1.807, 2.05) is 18.2 Å². The predicted octanol–water partition coefficient (Wildman–Crippen LogP) is 1.37. The normalized spacial score (nSPS) is 31.1. The second kappa shape index (κ2) is 4.23. The third kappa shape index (κ3) is 1.69. The molecule has 5 nitrogen and oxygen atoms in total. The SMILES string of the molecule is O=C1CC[C@@H]2NC(=O)[C@@H](c3ccc4c(c3)OCO4)[C@@H]2C1. The number of benzene rings is 1. The third-order valence-electron chi connectivity index (χ3n) is 4.51. The zero-order valence-electron chi connectivity index (χ0n) is 10.9. The lowest BCUT2D eigenvalue weighted by Gasteiger charge is -2.26. The first-order valence-electron chi connectivity index (χ1n) is 6.94. The highest BCUT2D eigenvalue weighted by Crippen LogP contribution is 2.42. The van der Waals surface area contributed by atoms with Crippen LogP contribution in [-0.2, 0) is 9.59 Å². The van der Waals surface area contributed by atoms with Crippen molar-refractivity contribution in [3.05, 3.63) is 23.8 Å². The molecule has 3 aliphatic rings. The molecule has 0 bridgehead atoms. The molecule has 104 valence electrons. The Balaban J connectivity index is 1.69. The molecule has 2 fully saturated rings. The van der Waals surface area contributed by atoms with Crippen molar-refractivity contribution < 1.29 is 19.1 Å². The van der Waals surface area contributed by atoms with Gasteiger partial charge in [-0.15, -0.1) is 0 Å². The lowest BCUT2D eigenvalue weighted by Crippen LogP contribution is -2.34. The first-order chi connectivity index (χ1) is 9.72. The lowest BCUT2D eigenvalue weighted by atomic mass is 9.76. The molecule has 0 unspecified atom stereocenters. The number of carbonyl (C=O) groups excluding carboxylic acids is 2. The van der Waals surface area contributed by atoms with Gasteiger partial charge in [0.05, 0.1) is 5.92 Å². The van der Waals surface area contributed by atoms with Gasteiger partial charge in [0.1, 0.15) is 5.78 Å². The highest BCUT2D eigenvalue weighted by atomic mass is 16.7. The van der Waals surface area contributed by atoms with Crippen LogP contribution >= 0.6 is 0 Å². The summed E-state index contributed by atoms with van der Waals surface area (Å²) in [6.07, 6.45) is 1.83. The molecule has 1 saturated carbocycles. The van der Waals surface area contributed by atoms with Crippen molar-refractivity contribution >= 4 is 11.7 Å². The first kappa shape index (κ1) is 11.8. The number of nitrogens with one attached hydrogen (secondary N) is 1. The van der Waals surface area contributed by atoms with Crippen molar-refractivity contribution in [1.29, 1.82) is 0 Å². The Morgan fingerprint density at radius 3 is 2.90 bits per heavy atom. The van der Waals surface area contributed by atoms with Crippen LogP contribution in [0.15, 0.2) is 18.2 Å². The van der Waals surface area contributed by atoms with Crippen LogP contribution in [0.2, 0.25) is 0 Å². The Morgan fingerprint density at radius 2 is 2.00 bits per heavy atom. The molecule has 1 aliphatic carbocycles. The van der Waals surface area contributed by atoms with Crippen LogP contribution < -0.4 is 14.8 Å². The van der Waals surface area contributed by atoms with Gasteiger partial charge in [0.15, 0.2) is 11.5 Å². The molecule has 5 heteroatoms. The van der Waals surface area contributed by atoms with Crippen molar-refractivity contribution in [3.8, 4) is 11.5 Å². The van der Waals surface area contributed by atoms with E-state index in [-0.39, 0.29) is 36.4 Å². The van der Waals surface area contributed by atoms with E-state index in [0.717, 1.165) is 12.0 Å². The Morgan fingerprint density at radius 1 is 1.15 bits per heavy atom. The van der Waals surface area contributed by atoms with Crippen LogP contribution in [0, 0.1) is 5.92 Å². The van der Waals surface area contributed by atoms with Gasteiger partial charge in [0.25, 0.3) is 0 Å². The maximum Gasteiger partial charge on any atom is 0.231 e. The number of ether oxygens (including phenoxy) is 2. The van der Waals surface area contributed by atoms with Crippen LogP contribution in [0.3, 0.4) is 0 Å². The molecule has 0 aromatic heterocycles. The van der Waals surface area contributed by atoms with E-state index >= 15 is 0 Å². The van der Waals surface area contributed by atoms with Crippen molar-refractivity contribution in [2.45, 2.75) is 31.2 Å². The third-order valence-corrected chi connectivity index (χ3v) is 4.51. The van der Waals surface area contributed by atoms with E-state index in [2.05, 4.69) is 5.32 Å². The largest absolute Gasteiger partial charge is 0.454 e. The molecule has 4 rings (SSSR count). The molecule has 1 N–H and O–H groups in total. The van der Waals surface area contributed by atoms with Gasteiger partial charge in [-0.1, -0.05) is 6.07 Å². The van der Waals surface area contributed by atoms with Crippen LogP contribution in [0.1, 0.15) is 30.7 Å². The van der Waals surface area contributed by atoms with Gasteiger partial charge < -0.3 is 14.8 Å². The summed E-state index contributed by atoms with van der Waals surface area (Å²) >= 11 is 0. The molecule has 20 heavy (non-hydrogen) atoms. The Labute approximate surface area is 116 Å². The molecule has 1 amide bonds. The van der Waals surface area contributed by atoms with Crippen LogP contribution in [0.4, 0.5) is 0 Å². The standard InChI is InChI=1S/C15H15NO4/c17-9-2-3-11-10(6-9)14(15(18)16-11)8-1-4-12-13(5-8)20-7-19-12/h1,4-5,10-11,14H,2-3,6-7H2,(H,16,18)/t10-,11+,14+/m1/s1. The first-order valence-corrected chi connectivity index (χ1v) is 6.94. The Bertz CT molecular complexity index is 598.